The molecule has 1 aliphatic rings. The largest absolute Gasteiger partial charge is 0.301 e. The molecule has 1 aromatic carbocycles. The van der Waals surface area contributed by atoms with Crippen LogP contribution >= 0.6 is 15.9 Å². The number of hydrogen-bond donors (Lipinski definition) is 0. The Bertz CT molecular complexity index is 413. The zero-order valence-corrected chi connectivity index (χ0v) is 12.5. The summed E-state index contributed by atoms with van der Waals surface area (Å²) in [5.74, 6) is 0.670. The van der Waals surface area contributed by atoms with Crippen LogP contribution in [0.4, 0.5) is 4.39 Å². The molecule has 0 aliphatic carbocycles. The Hall–Kier alpha value is -0.740. The summed E-state index contributed by atoms with van der Waals surface area (Å²) in [5, 5.41) is 0. The monoisotopic (exact) mass is 327 g/mol. The first-order chi connectivity index (χ1) is 9.19. The minimum Gasteiger partial charge on any atom is -0.301 e. The van der Waals surface area contributed by atoms with E-state index in [0.29, 0.717) is 18.9 Å². The van der Waals surface area contributed by atoms with Gasteiger partial charge in [0.1, 0.15) is 6.67 Å². The van der Waals surface area contributed by atoms with Crippen molar-refractivity contribution in [2.75, 3.05) is 26.3 Å². The van der Waals surface area contributed by atoms with Crippen molar-refractivity contribution in [3.05, 3.63) is 34.3 Å². The first-order valence-electron chi connectivity index (χ1n) is 6.76. The second-order valence-corrected chi connectivity index (χ2v) is 6.02. The van der Waals surface area contributed by atoms with Gasteiger partial charge in [0.25, 0.3) is 0 Å². The predicted octanol–water partition coefficient (Wildman–Crippen LogP) is 3.70. The summed E-state index contributed by atoms with van der Waals surface area (Å²) in [7, 11) is 0. The van der Waals surface area contributed by atoms with Crippen molar-refractivity contribution in [2.45, 2.75) is 19.3 Å². The zero-order chi connectivity index (χ0) is 13.7. The molecular weight excluding hydrogens is 309 g/mol. The topological polar surface area (TPSA) is 20.3 Å². The molecule has 0 spiro atoms. The molecule has 1 fully saturated rings. The summed E-state index contributed by atoms with van der Waals surface area (Å²) >= 11 is 3.37. The van der Waals surface area contributed by atoms with E-state index in [1.54, 1.807) is 0 Å². The molecule has 0 N–H and O–H groups in total. The number of carbonyl (C=O) groups is 1. The SMILES string of the molecule is O=C(CC1CCN(CCF)CC1)c1ccc(Br)cc1. The van der Waals surface area contributed by atoms with Crippen LogP contribution in [0, 0.1) is 5.92 Å². The van der Waals surface area contributed by atoms with Gasteiger partial charge in [0.05, 0.1) is 0 Å². The van der Waals surface area contributed by atoms with Gasteiger partial charge in [0.2, 0.25) is 0 Å². The minimum atomic E-state index is -0.275. The normalized spacial score (nSPS) is 17.6. The van der Waals surface area contributed by atoms with Gasteiger partial charge in [-0.3, -0.25) is 4.79 Å². The zero-order valence-electron chi connectivity index (χ0n) is 10.9. The number of rotatable bonds is 5. The highest BCUT2D eigenvalue weighted by Gasteiger charge is 2.21. The maximum atomic E-state index is 12.2. The van der Waals surface area contributed by atoms with Crippen LogP contribution in [-0.2, 0) is 0 Å². The van der Waals surface area contributed by atoms with Crippen LogP contribution in [0.25, 0.3) is 0 Å². The summed E-state index contributed by atoms with van der Waals surface area (Å²) in [6.07, 6.45) is 2.62. The summed E-state index contributed by atoms with van der Waals surface area (Å²) in [5.41, 5.74) is 0.786. The molecule has 2 nitrogen and oxygen atoms in total. The Morgan fingerprint density at radius 1 is 1.26 bits per heavy atom. The van der Waals surface area contributed by atoms with Gasteiger partial charge in [-0.1, -0.05) is 28.1 Å². The van der Waals surface area contributed by atoms with Crippen molar-refractivity contribution in [1.29, 1.82) is 0 Å². The summed E-state index contributed by atoms with van der Waals surface area (Å²) in [6.45, 7) is 2.10. The van der Waals surface area contributed by atoms with Crippen molar-refractivity contribution in [2.24, 2.45) is 5.92 Å². The van der Waals surface area contributed by atoms with E-state index in [1.165, 1.54) is 0 Å². The Balaban J connectivity index is 1.82. The van der Waals surface area contributed by atoms with E-state index in [4.69, 9.17) is 0 Å². The predicted molar refractivity (Wildman–Crippen MR) is 78.2 cm³/mol. The number of Topliss-reactive ketones (excluding diaryl/α,β-unsaturated/α-hetero) is 1. The van der Waals surface area contributed by atoms with Crippen molar-refractivity contribution < 1.29 is 9.18 Å². The summed E-state index contributed by atoms with van der Waals surface area (Å²) < 4.78 is 13.2. The van der Waals surface area contributed by atoms with Gasteiger partial charge in [-0.2, -0.15) is 0 Å². The molecule has 1 aromatic rings. The standard InChI is InChI=1S/C15H19BrFNO/c16-14-3-1-13(2-4-14)15(19)11-12-5-8-18(9-6-12)10-7-17/h1-4,12H,5-11H2. The molecule has 2 rings (SSSR count). The number of benzene rings is 1. The van der Waals surface area contributed by atoms with Crippen LogP contribution in [0.2, 0.25) is 0 Å². The second kappa shape index (κ2) is 7.15. The molecule has 0 amide bonds. The van der Waals surface area contributed by atoms with E-state index >= 15 is 0 Å². The maximum Gasteiger partial charge on any atom is 0.163 e. The van der Waals surface area contributed by atoms with Gasteiger partial charge < -0.3 is 4.90 Å². The third-order valence-electron chi connectivity index (χ3n) is 3.75. The highest BCUT2D eigenvalue weighted by atomic mass is 79.9. The van der Waals surface area contributed by atoms with Crippen LogP contribution in [0.15, 0.2) is 28.7 Å². The van der Waals surface area contributed by atoms with E-state index in [9.17, 15) is 9.18 Å². The van der Waals surface area contributed by atoms with E-state index in [-0.39, 0.29) is 12.5 Å². The van der Waals surface area contributed by atoms with Crippen LogP contribution in [0.5, 0.6) is 0 Å². The third kappa shape index (κ3) is 4.39. The van der Waals surface area contributed by atoms with Gasteiger partial charge in [-0.15, -0.1) is 0 Å². The molecule has 19 heavy (non-hydrogen) atoms. The molecule has 0 radical (unpaired) electrons. The Kier molecular flexibility index (Phi) is 5.52. The molecule has 1 aliphatic heterocycles. The Morgan fingerprint density at radius 3 is 2.47 bits per heavy atom. The first-order valence-corrected chi connectivity index (χ1v) is 7.55. The van der Waals surface area contributed by atoms with E-state index in [1.807, 2.05) is 24.3 Å². The van der Waals surface area contributed by atoms with E-state index < -0.39 is 0 Å². The van der Waals surface area contributed by atoms with Crippen LogP contribution in [-0.4, -0.2) is 37.0 Å². The number of carbonyl (C=O) groups excluding carboxylic acids is 1. The first kappa shape index (κ1) is 14.7. The van der Waals surface area contributed by atoms with Gasteiger partial charge in [0.15, 0.2) is 5.78 Å². The molecule has 1 saturated heterocycles. The molecule has 0 unspecified atom stereocenters. The number of ketones is 1. The number of piperidine rings is 1. The summed E-state index contributed by atoms with van der Waals surface area (Å²) in [6, 6.07) is 7.53. The number of hydrogen-bond acceptors (Lipinski definition) is 2. The van der Waals surface area contributed by atoms with Gasteiger partial charge >= 0.3 is 0 Å². The van der Waals surface area contributed by atoms with Gasteiger partial charge in [0, 0.05) is 23.0 Å². The number of halogens is 2. The van der Waals surface area contributed by atoms with Crippen LogP contribution in [0.1, 0.15) is 29.6 Å². The van der Waals surface area contributed by atoms with Gasteiger partial charge in [-0.25, -0.2) is 4.39 Å². The lowest BCUT2D eigenvalue weighted by Crippen LogP contribution is -2.35. The molecule has 1 heterocycles. The molecule has 0 saturated carbocycles. The quantitative estimate of drug-likeness (QED) is 0.768. The van der Waals surface area contributed by atoms with Crippen LogP contribution in [0.3, 0.4) is 0 Å². The lowest BCUT2D eigenvalue weighted by molar-refractivity contribution is 0.0925. The second-order valence-electron chi connectivity index (χ2n) is 5.11. The van der Waals surface area contributed by atoms with Gasteiger partial charge in [-0.05, 0) is 44.0 Å². The third-order valence-corrected chi connectivity index (χ3v) is 4.28. The fraction of sp³-hybridized carbons (Fsp3) is 0.533. The smallest absolute Gasteiger partial charge is 0.163 e. The number of likely N-dealkylation sites (tertiary alicyclic amines) is 1. The van der Waals surface area contributed by atoms with E-state index in [2.05, 4.69) is 20.8 Å². The lowest BCUT2D eigenvalue weighted by Gasteiger charge is -2.30. The number of nitrogens with zero attached hydrogens (tertiary/aromatic N) is 1. The Morgan fingerprint density at radius 2 is 1.89 bits per heavy atom. The van der Waals surface area contributed by atoms with E-state index in [0.717, 1.165) is 36.0 Å². The number of alkyl halides is 1. The van der Waals surface area contributed by atoms with Crippen molar-refractivity contribution in [1.82, 2.24) is 4.90 Å². The molecule has 0 atom stereocenters. The molecule has 0 bridgehead atoms. The molecular formula is C15H19BrFNO. The van der Waals surface area contributed by atoms with Crippen molar-refractivity contribution in [3.63, 3.8) is 0 Å². The molecule has 104 valence electrons. The maximum absolute atomic E-state index is 12.2. The average Bonchev–Trinajstić information content (AvgIpc) is 2.42. The highest BCUT2D eigenvalue weighted by Crippen LogP contribution is 2.22. The van der Waals surface area contributed by atoms with Crippen molar-refractivity contribution in [3.8, 4) is 0 Å². The van der Waals surface area contributed by atoms with Crippen molar-refractivity contribution >= 4 is 21.7 Å². The average molecular weight is 328 g/mol. The minimum absolute atomic E-state index is 0.219. The fourth-order valence-corrected chi connectivity index (χ4v) is 2.81. The van der Waals surface area contributed by atoms with Crippen LogP contribution < -0.4 is 0 Å². The highest BCUT2D eigenvalue weighted by molar-refractivity contribution is 9.10. The summed E-state index contributed by atoms with van der Waals surface area (Å²) in [4.78, 5) is 14.3. The lowest BCUT2D eigenvalue weighted by atomic mass is 9.90. The fourth-order valence-electron chi connectivity index (χ4n) is 2.55. The molecule has 4 heteroatoms. The Labute approximate surface area is 122 Å². The molecule has 0 aromatic heterocycles.